The zero-order valence-corrected chi connectivity index (χ0v) is 16.2. The summed E-state index contributed by atoms with van der Waals surface area (Å²) in [6, 6.07) is 4.24. The van der Waals surface area contributed by atoms with Crippen LogP contribution in [0.15, 0.2) is 17.5 Å². The molecule has 1 saturated heterocycles. The van der Waals surface area contributed by atoms with Crippen LogP contribution in [0.5, 0.6) is 0 Å². The molecule has 2 aliphatic heterocycles. The lowest BCUT2D eigenvalue weighted by Crippen LogP contribution is -2.39. The van der Waals surface area contributed by atoms with Crippen LogP contribution in [0.25, 0.3) is 0 Å². The van der Waals surface area contributed by atoms with Crippen molar-refractivity contribution in [3.05, 3.63) is 34.0 Å². The number of piperidine rings is 1. The number of hydrogen-bond donors (Lipinski definition) is 0. The molecule has 0 N–H and O–H groups in total. The topological polar surface area (TPSA) is 51.0 Å². The molecule has 1 atom stereocenters. The van der Waals surface area contributed by atoms with Crippen LogP contribution in [0.1, 0.15) is 67.4 Å². The number of likely N-dealkylation sites (tertiary alicyclic amines) is 1. The number of thiophene rings is 1. The van der Waals surface area contributed by atoms with Crippen molar-refractivity contribution in [3.63, 3.8) is 0 Å². The fourth-order valence-corrected chi connectivity index (χ4v) is 5.00. The molecule has 0 aromatic carbocycles. The second kappa shape index (κ2) is 8.33. The highest BCUT2D eigenvalue weighted by Gasteiger charge is 2.29. The van der Waals surface area contributed by atoms with Crippen molar-refractivity contribution < 1.29 is 4.79 Å². The highest BCUT2D eigenvalue weighted by molar-refractivity contribution is 7.09. The van der Waals surface area contributed by atoms with E-state index in [9.17, 15) is 4.79 Å². The minimum Gasteiger partial charge on any atom is -0.342 e. The van der Waals surface area contributed by atoms with Gasteiger partial charge in [0.25, 0.3) is 0 Å². The average molecular weight is 373 g/mol. The Balaban J connectivity index is 1.35. The SMILES string of the molecule is O=C(CCCc1cccs1)N1CCC[C@@H](c2nnc3n2CCCCC3)C1. The van der Waals surface area contributed by atoms with Gasteiger partial charge in [-0.05, 0) is 50.0 Å². The number of amides is 1. The lowest BCUT2D eigenvalue weighted by atomic mass is 9.96. The summed E-state index contributed by atoms with van der Waals surface area (Å²) in [5, 5.41) is 11.1. The first-order valence-electron chi connectivity index (χ1n) is 10.0. The molecule has 1 fully saturated rings. The first-order chi connectivity index (χ1) is 12.8. The summed E-state index contributed by atoms with van der Waals surface area (Å²) in [6.07, 6.45) is 9.57. The van der Waals surface area contributed by atoms with E-state index in [0.717, 1.165) is 63.4 Å². The number of aryl methyl sites for hydroxylation is 2. The Morgan fingerprint density at radius 1 is 1.19 bits per heavy atom. The van der Waals surface area contributed by atoms with Crippen molar-refractivity contribution in [1.29, 1.82) is 0 Å². The number of nitrogens with zero attached hydrogens (tertiary/aromatic N) is 4. The van der Waals surface area contributed by atoms with E-state index in [1.54, 1.807) is 11.3 Å². The van der Waals surface area contributed by atoms with Crippen LogP contribution < -0.4 is 0 Å². The molecule has 0 unspecified atom stereocenters. The molecule has 140 valence electrons. The van der Waals surface area contributed by atoms with Crippen LogP contribution in [0.3, 0.4) is 0 Å². The van der Waals surface area contributed by atoms with Gasteiger partial charge in [-0.15, -0.1) is 21.5 Å². The van der Waals surface area contributed by atoms with Crippen molar-refractivity contribution in [1.82, 2.24) is 19.7 Å². The standard InChI is InChI=1S/C20H28N4OS/c25-19(11-4-8-17-9-6-14-26-17)23-12-5-7-16(15-23)20-22-21-18-10-2-1-3-13-24(18)20/h6,9,14,16H,1-5,7-8,10-13,15H2/t16-/m1/s1. The molecule has 6 heteroatoms. The summed E-state index contributed by atoms with van der Waals surface area (Å²) in [4.78, 5) is 16.1. The predicted molar refractivity (Wildman–Crippen MR) is 103 cm³/mol. The Bertz CT molecular complexity index is 724. The molecule has 26 heavy (non-hydrogen) atoms. The second-order valence-electron chi connectivity index (χ2n) is 7.55. The van der Waals surface area contributed by atoms with E-state index in [4.69, 9.17) is 0 Å². The molecule has 0 aliphatic carbocycles. The van der Waals surface area contributed by atoms with E-state index < -0.39 is 0 Å². The van der Waals surface area contributed by atoms with Crippen molar-refractivity contribution in [2.24, 2.45) is 0 Å². The number of rotatable bonds is 5. The lowest BCUT2D eigenvalue weighted by Gasteiger charge is -2.32. The van der Waals surface area contributed by atoms with E-state index >= 15 is 0 Å². The van der Waals surface area contributed by atoms with Gasteiger partial charge in [-0.25, -0.2) is 0 Å². The molecule has 2 aromatic rings. The minimum absolute atomic E-state index is 0.307. The molecular formula is C20H28N4OS. The number of aromatic nitrogens is 3. The fourth-order valence-electron chi connectivity index (χ4n) is 4.25. The number of hydrogen-bond acceptors (Lipinski definition) is 4. The van der Waals surface area contributed by atoms with E-state index in [2.05, 4.69) is 37.2 Å². The van der Waals surface area contributed by atoms with Crippen molar-refractivity contribution in [3.8, 4) is 0 Å². The van der Waals surface area contributed by atoms with Gasteiger partial charge in [-0.1, -0.05) is 12.5 Å². The first-order valence-corrected chi connectivity index (χ1v) is 10.9. The summed E-state index contributed by atoms with van der Waals surface area (Å²) >= 11 is 1.78. The van der Waals surface area contributed by atoms with Gasteiger partial charge < -0.3 is 9.47 Å². The predicted octanol–water partition coefficient (Wildman–Crippen LogP) is 3.79. The molecular weight excluding hydrogens is 344 g/mol. The first kappa shape index (κ1) is 17.7. The van der Waals surface area contributed by atoms with Crippen molar-refractivity contribution in [2.75, 3.05) is 13.1 Å². The molecule has 2 aromatic heterocycles. The Kier molecular flexibility index (Phi) is 5.68. The zero-order valence-electron chi connectivity index (χ0n) is 15.4. The molecule has 0 bridgehead atoms. The van der Waals surface area contributed by atoms with Crippen LogP contribution in [0.2, 0.25) is 0 Å². The van der Waals surface area contributed by atoms with Crippen LogP contribution in [-0.2, 0) is 24.2 Å². The number of fused-ring (bicyclic) bond motifs is 1. The third kappa shape index (κ3) is 4.00. The Labute approximate surface area is 159 Å². The monoisotopic (exact) mass is 372 g/mol. The lowest BCUT2D eigenvalue weighted by molar-refractivity contribution is -0.132. The van der Waals surface area contributed by atoms with Crippen molar-refractivity contribution >= 4 is 17.2 Å². The van der Waals surface area contributed by atoms with Crippen LogP contribution in [0, 0.1) is 0 Å². The van der Waals surface area contributed by atoms with Gasteiger partial charge >= 0.3 is 0 Å². The smallest absolute Gasteiger partial charge is 0.222 e. The molecule has 5 nitrogen and oxygen atoms in total. The number of carbonyl (C=O) groups is 1. The Morgan fingerprint density at radius 3 is 3.04 bits per heavy atom. The molecule has 1 amide bonds. The molecule has 0 saturated carbocycles. The van der Waals surface area contributed by atoms with Crippen LogP contribution in [-0.4, -0.2) is 38.7 Å². The van der Waals surface area contributed by atoms with Gasteiger partial charge in [0, 0.05) is 43.3 Å². The number of carbonyl (C=O) groups excluding carboxylic acids is 1. The molecule has 0 spiro atoms. The quantitative estimate of drug-likeness (QED) is 0.802. The van der Waals surface area contributed by atoms with Crippen LogP contribution >= 0.6 is 11.3 Å². The fraction of sp³-hybridized carbons (Fsp3) is 0.650. The van der Waals surface area contributed by atoms with Gasteiger partial charge in [0.15, 0.2) is 0 Å². The maximum Gasteiger partial charge on any atom is 0.222 e. The minimum atomic E-state index is 0.307. The normalized spacial score (nSPS) is 20.6. The van der Waals surface area contributed by atoms with E-state index in [1.807, 2.05) is 0 Å². The summed E-state index contributed by atoms with van der Waals surface area (Å²) in [5.41, 5.74) is 0. The summed E-state index contributed by atoms with van der Waals surface area (Å²) in [5.74, 6) is 2.93. The third-order valence-electron chi connectivity index (χ3n) is 5.67. The Morgan fingerprint density at radius 2 is 2.15 bits per heavy atom. The van der Waals surface area contributed by atoms with Gasteiger partial charge in [-0.2, -0.15) is 0 Å². The largest absolute Gasteiger partial charge is 0.342 e. The highest BCUT2D eigenvalue weighted by atomic mass is 32.1. The van der Waals surface area contributed by atoms with Gasteiger partial charge in [0.2, 0.25) is 5.91 Å². The van der Waals surface area contributed by atoms with Gasteiger partial charge in [0.05, 0.1) is 0 Å². The zero-order chi connectivity index (χ0) is 17.8. The van der Waals surface area contributed by atoms with E-state index in [1.165, 1.54) is 24.1 Å². The summed E-state index contributed by atoms with van der Waals surface area (Å²) in [7, 11) is 0. The molecule has 0 radical (unpaired) electrons. The van der Waals surface area contributed by atoms with Crippen LogP contribution in [0.4, 0.5) is 0 Å². The Hall–Kier alpha value is -1.69. The summed E-state index contributed by atoms with van der Waals surface area (Å²) < 4.78 is 2.35. The highest BCUT2D eigenvalue weighted by Crippen LogP contribution is 2.28. The maximum absolute atomic E-state index is 12.7. The molecule has 2 aliphatic rings. The molecule has 4 heterocycles. The second-order valence-corrected chi connectivity index (χ2v) is 8.58. The van der Waals surface area contributed by atoms with Gasteiger partial charge in [0.1, 0.15) is 11.6 Å². The van der Waals surface area contributed by atoms with E-state index in [0.29, 0.717) is 18.2 Å². The maximum atomic E-state index is 12.7. The van der Waals surface area contributed by atoms with Gasteiger partial charge in [-0.3, -0.25) is 4.79 Å². The summed E-state index contributed by atoms with van der Waals surface area (Å²) in [6.45, 7) is 2.76. The third-order valence-corrected chi connectivity index (χ3v) is 6.61. The van der Waals surface area contributed by atoms with Crippen molar-refractivity contribution in [2.45, 2.75) is 70.3 Å². The molecule has 4 rings (SSSR count). The van der Waals surface area contributed by atoms with E-state index in [-0.39, 0.29) is 0 Å². The average Bonchev–Trinajstić information content (AvgIpc) is 3.27.